The van der Waals surface area contributed by atoms with Gasteiger partial charge in [0.1, 0.15) is 12.0 Å². The largest absolute Gasteiger partial charge is 0.444 e. The summed E-state index contributed by atoms with van der Waals surface area (Å²) in [7, 11) is 0. The van der Waals surface area contributed by atoms with Crippen molar-refractivity contribution in [3.8, 4) is 11.5 Å². The van der Waals surface area contributed by atoms with Crippen LogP contribution in [0.15, 0.2) is 41.0 Å². The Morgan fingerprint density at radius 1 is 1.25 bits per heavy atom. The molecule has 1 aromatic carbocycles. The highest BCUT2D eigenvalue weighted by Crippen LogP contribution is 2.19. The Bertz CT molecular complexity index is 701. The van der Waals surface area contributed by atoms with Gasteiger partial charge >= 0.3 is 0 Å². The second kappa shape index (κ2) is 5.16. The zero-order chi connectivity index (χ0) is 13.9. The second-order valence-electron chi connectivity index (χ2n) is 4.44. The van der Waals surface area contributed by atoms with Gasteiger partial charge in [0.25, 0.3) is 0 Å². The standard InChI is InChI=1S/C14H15N5O/c1-2-12-13(15)17-18-19(12)8-11-9-20-14(16-11)10-6-4-3-5-7-10/h3-7,9H,2,8,15H2,1H3. The highest BCUT2D eigenvalue weighted by Gasteiger charge is 2.11. The molecular formula is C14H15N5O. The minimum atomic E-state index is 0.472. The van der Waals surface area contributed by atoms with E-state index in [9.17, 15) is 0 Å². The lowest BCUT2D eigenvalue weighted by Crippen LogP contribution is -2.07. The van der Waals surface area contributed by atoms with Crippen LogP contribution in [-0.2, 0) is 13.0 Å². The summed E-state index contributed by atoms with van der Waals surface area (Å²) in [4.78, 5) is 4.46. The molecule has 0 spiro atoms. The topological polar surface area (TPSA) is 82.8 Å². The summed E-state index contributed by atoms with van der Waals surface area (Å²) in [6.45, 7) is 2.52. The van der Waals surface area contributed by atoms with Crippen molar-refractivity contribution in [3.63, 3.8) is 0 Å². The van der Waals surface area contributed by atoms with E-state index >= 15 is 0 Å². The van der Waals surface area contributed by atoms with Gasteiger partial charge in [-0.1, -0.05) is 30.3 Å². The van der Waals surface area contributed by atoms with Crippen LogP contribution in [0.3, 0.4) is 0 Å². The Morgan fingerprint density at radius 3 is 2.80 bits per heavy atom. The smallest absolute Gasteiger partial charge is 0.226 e. The predicted molar refractivity (Wildman–Crippen MR) is 74.9 cm³/mol. The van der Waals surface area contributed by atoms with Crippen LogP contribution in [0.2, 0.25) is 0 Å². The zero-order valence-electron chi connectivity index (χ0n) is 11.2. The van der Waals surface area contributed by atoms with E-state index in [0.717, 1.165) is 23.4 Å². The van der Waals surface area contributed by atoms with Crippen LogP contribution in [0, 0.1) is 0 Å². The lowest BCUT2D eigenvalue weighted by Gasteiger charge is -2.01. The Labute approximate surface area is 116 Å². The fraction of sp³-hybridized carbons (Fsp3) is 0.214. The number of nitrogen functional groups attached to an aromatic ring is 1. The Morgan fingerprint density at radius 2 is 2.05 bits per heavy atom. The van der Waals surface area contributed by atoms with Gasteiger partial charge in [0.05, 0.1) is 12.2 Å². The molecule has 6 heteroatoms. The van der Waals surface area contributed by atoms with Gasteiger partial charge in [-0.05, 0) is 18.6 Å². The Kier molecular flexibility index (Phi) is 3.20. The first-order valence-electron chi connectivity index (χ1n) is 6.45. The van der Waals surface area contributed by atoms with Crippen LogP contribution in [0.5, 0.6) is 0 Å². The number of aromatic nitrogens is 4. The Balaban J connectivity index is 1.84. The molecule has 0 unspecified atom stereocenters. The fourth-order valence-corrected chi connectivity index (χ4v) is 2.08. The van der Waals surface area contributed by atoms with E-state index in [0.29, 0.717) is 18.3 Å². The van der Waals surface area contributed by atoms with Crippen LogP contribution >= 0.6 is 0 Å². The van der Waals surface area contributed by atoms with Gasteiger partial charge in [0.2, 0.25) is 5.89 Å². The average molecular weight is 269 g/mol. The molecule has 0 saturated carbocycles. The van der Waals surface area contributed by atoms with Crippen LogP contribution in [-0.4, -0.2) is 20.0 Å². The van der Waals surface area contributed by atoms with E-state index < -0.39 is 0 Å². The number of anilines is 1. The monoisotopic (exact) mass is 269 g/mol. The van der Waals surface area contributed by atoms with Gasteiger partial charge in [-0.3, -0.25) is 0 Å². The normalized spacial score (nSPS) is 10.8. The third-order valence-electron chi connectivity index (χ3n) is 3.09. The van der Waals surface area contributed by atoms with Gasteiger partial charge in [0.15, 0.2) is 5.82 Å². The summed E-state index contributed by atoms with van der Waals surface area (Å²) in [5.74, 6) is 1.08. The Hall–Kier alpha value is -2.63. The highest BCUT2D eigenvalue weighted by molar-refractivity contribution is 5.52. The number of hydrogen-bond donors (Lipinski definition) is 1. The molecule has 2 aromatic heterocycles. The van der Waals surface area contributed by atoms with Crippen molar-refractivity contribution < 1.29 is 4.42 Å². The van der Waals surface area contributed by atoms with E-state index in [4.69, 9.17) is 10.2 Å². The molecule has 3 aromatic rings. The molecule has 2 N–H and O–H groups in total. The fourth-order valence-electron chi connectivity index (χ4n) is 2.08. The summed E-state index contributed by atoms with van der Waals surface area (Å²) in [5.41, 5.74) is 8.42. The first-order valence-corrected chi connectivity index (χ1v) is 6.45. The summed E-state index contributed by atoms with van der Waals surface area (Å²) in [5, 5.41) is 7.90. The highest BCUT2D eigenvalue weighted by atomic mass is 16.3. The minimum Gasteiger partial charge on any atom is -0.444 e. The molecule has 3 rings (SSSR count). The maximum atomic E-state index is 5.76. The lowest BCUT2D eigenvalue weighted by molar-refractivity contribution is 0.566. The molecular weight excluding hydrogens is 254 g/mol. The van der Waals surface area contributed by atoms with E-state index in [2.05, 4.69) is 15.3 Å². The molecule has 0 fully saturated rings. The maximum absolute atomic E-state index is 5.76. The van der Waals surface area contributed by atoms with Gasteiger partial charge < -0.3 is 10.2 Å². The minimum absolute atomic E-state index is 0.472. The predicted octanol–water partition coefficient (Wildman–Crippen LogP) is 2.13. The van der Waals surface area contributed by atoms with Crippen LogP contribution in [0.25, 0.3) is 11.5 Å². The van der Waals surface area contributed by atoms with E-state index in [1.54, 1.807) is 10.9 Å². The van der Waals surface area contributed by atoms with Crippen molar-refractivity contribution >= 4 is 5.82 Å². The SMILES string of the molecule is CCc1c(N)nnn1Cc1coc(-c2ccccc2)n1. The number of rotatable bonds is 4. The second-order valence-corrected chi connectivity index (χ2v) is 4.44. The number of benzene rings is 1. The number of nitrogens with zero attached hydrogens (tertiary/aromatic N) is 4. The number of hydrogen-bond acceptors (Lipinski definition) is 5. The lowest BCUT2D eigenvalue weighted by atomic mass is 10.2. The summed E-state index contributed by atoms with van der Waals surface area (Å²) < 4.78 is 7.25. The van der Waals surface area contributed by atoms with E-state index in [1.807, 2.05) is 37.3 Å². The molecule has 0 amide bonds. The molecule has 20 heavy (non-hydrogen) atoms. The van der Waals surface area contributed by atoms with E-state index in [-0.39, 0.29) is 0 Å². The van der Waals surface area contributed by atoms with Gasteiger partial charge in [-0.25, -0.2) is 9.67 Å². The number of nitrogens with two attached hydrogens (primary N) is 1. The van der Waals surface area contributed by atoms with Crippen molar-refractivity contribution in [2.45, 2.75) is 19.9 Å². The molecule has 0 aliphatic carbocycles. The van der Waals surface area contributed by atoms with Crippen LogP contribution in [0.1, 0.15) is 18.3 Å². The summed E-state index contributed by atoms with van der Waals surface area (Å²) >= 11 is 0. The molecule has 0 saturated heterocycles. The van der Waals surface area contributed by atoms with Crippen molar-refractivity contribution in [2.75, 3.05) is 5.73 Å². The third kappa shape index (κ3) is 2.27. The third-order valence-corrected chi connectivity index (χ3v) is 3.09. The van der Waals surface area contributed by atoms with Crippen LogP contribution in [0.4, 0.5) is 5.82 Å². The maximum Gasteiger partial charge on any atom is 0.226 e. The molecule has 102 valence electrons. The van der Waals surface area contributed by atoms with Gasteiger partial charge in [0, 0.05) is 5.56 Å². The first kappa shape index (κ1) is 12.4. The molecule has 0 radical (unpaired) electrons. The average Bonchev–Trinajstić information content (AvgIpc) is 3.08. The van der Waals surface area contributed by atoms with Crippen molar-refractivity contribution in [1.29, 1.82) is 0 Å². The molecule has 2 heterocycles. The zero-order valence-corrected chi connectivity index (χ0v) is 11.2. The molecule has 0 aliphatic rings. The van der Waals surface area contributed by atoms with Crippen molar-refractivity contribution in [2.24, 2.45) is 0 Å². The van der Waals surface area contributed by atoms with Crippen LogP contribution < -0.4 is 5.73 Å². The molecule has 0 bridgehead atoms. The van der Waals surface area contributed by atoms with E-state index in [1.165, 1.54) is 0 Å². The number of oxazole rings is 1. The van der Waals surface area contributed by atoms with Gasteiger partial charge in [-0.2, -0.15) is 0 Å². The molecule has 6 nitrogen and oxygen atoms in total. The van der Waals surface area contributed by atoms with Crippen molar-refractivity contribution in [3.05, 3.63) is 48.0 Å². The summed E-state index contributed by atoms with van der Waals surface area (Å²) in [6.07, 6.45) is 2.42. The quantitative estimate of drug-likeness (QED) is 0.784. The van der Waals surface area contributed by atoms with Crippen molar-refractivity contribution in [1.82, 2.24) is 20.0 Å². The van der Waals surface area contributed by atoms with Gasteiger partial charge in [-0.15, -0.1) is 5.10 Å². The summed E-state index contributed by atoms with van der Waals surface area (Å²) in [6, 6.07) is 9.78. The molecule has 0 aliphatic heterocycles. The first-order chi connectivity index (χ1) is 9.78. The molecule has 0 atom stereocenters.